The van der Waals surface area contributed by atoms with Crippen LogP contribution in [0.2, 0.25) is 0 Å². The van der Waals surface area contributed by atoms with Gasteiger partial charge in [-0.05, 0) is 17.5 Å². The third kappa shape index (κ3) is 2.71. The number of nitrogens with zero attached hydrogens (tertiary/aromatic N) is 1. The number of benzene rings is 1. The first-order chi connectivity index (χ1) is 8.76. The SMILES string of the molecule is CNC(=O)CCN1CCc2ccccc2C1CO. The van der Waals surface area contributed by atoms with E-state index in [1.807, 2.05) is 12.1 Å². The molecule has 98 valence electrons. The van der Waals surface area contributed by atoms with E-state index in [9.17, 15) is 9.90 Å². The summed E-state index contributed by atoms with van der Waals surface area (Å²) in [5, 5.41) is 12.2. The second kappa shape index (κ2) is 5.98. The quantitative estimate of drug-likeness (QED) is 0.825. The van der Waals surface area contributed by atoms with Crippen molar-refractivity contribution in [2.45, 2.75) is 18.9 Å². The molecule has 0 fully saturated rings. The average Bonchev–Trinajstić information content (AvgIpc) is 2.43. The molecule has 2 N–H and O–H groups in total. The lowest BCUT2D eigenvalue weighted by Gasteiger charge is -2.36. The van der Waals surface area contributed by atoms with Crippen molar-refractivity contribution in [2.24, 2.45) is 0 Å². The van der Waals surface area contributed by atoms with Crippen LogP contribution in [0.4, 0.5) is 0 Å². The molecule has 1 unspecified atom stereocenters. The summed E-state index contributed by atoms with van der Waals surface area (Å²) in [5.41, 5.74) is 2.51. The lowest BCUT2D eigenvalue weighted by Crippen LogP contribution is -2.39. The first-order valence-corrected chi connectivity index (χ1v) is 6.39. The number of carbonyl (C=O) groups is 1. The fourth-order valence-electron chi connectivity index (χ4n) is 2.56. The molecule has 1 aliphatic heterocycles. The molecule has 1 aromatic rings. The van der Waals surface area contributed by atoms with E-state index in [2.05, 4.69) is 22.3 Å². The van der Waals surface area contributed by atoms with Crippen molar-refractivity contribution in [3.05, 3.63) is 35.4 Å². The highest BCUT2D eigenvalue weighted by molar-refractivity contribution is 5.75. The second-order valence-corrected chi connectivity index (χ2v) is 4.61. The molecule has 0 aliphatic carbocycles. The van der Waals surface area contributed by atoms with Gasteiger partial charge >= 0.3 is 0 Å². The van der Waals surface area contributed by atoms with Crippen LogP contribution in [0.25, 0.3) is 0 Å². The zero-order valence-electron chi connectivity index (χ0n) is 10.7. The summed E-state index contributed by atoms with van der Waals surface area (Å²) in [6.45, 7) is 1.70. The van der Waals surface area contributed by atoms with Crippen molar-refractivity contribution in [1.82, 2.24) is 10.2 Å². The molecular formula is C14H20N2O2. The van der Waals surface area contributed by atoms with Crippen LogP contribution in [0.1, 0.15) is 23.6 Å². The highest BCUT2D eigenvalue weighted by Gasteiger charge is 2.26. The molecule has 18 heavy (non-hydrogen) atoms. The maximum Gasteiger partial charge on any atom is 0.221 e. The Hall–Kier alpha value is -1.39. The van der Waals surface area contributed by atoms with E-state index in [4.69, 9.17) is 0 Å². The molecule has 2 rings (SSSR count). The van der Waals surface area contributed by atoms with E-state index in [0.717, 1.165) is 13.0 Å². The fraction of sp³-hybridized carbons (Fsp3) is 0.500. The Balaban J connectivity index is 2.08. The number of rotatable bonds is 4. The molecule has 0 saturated carbocycles. The van der Waals surface area contributed by atoms with Crippen molar-refractivity contribution >= 4 is 5.91 Å². The monoisotopic (exact) mass is 248 g/mol. The molecule has 1 aromatic carbocycles. The van der Waals surface area contributed by atoms with E-state index in [0.29, 0.717) is 13.0 Å². The maximum atomic E-state index is 11.3. The summed E-state index contributed by atoms with van der Waals surface area (Å²) in [6.07, 6.45) is 1.47. The minimum absolute atomic E-state index is 0.0274. The molecule has 0 bridgehead atoms. The van der Waals surface area contributed by atoms with Gasteiger partial charge in [-0.1, -0.05) is 24.3 Å². The Kier molecular flexibility index (Phi) is 4.33. The predicted octanol–water partition coefficient (Wildman–Crippen LogP) is 0.714. The summed E-state index contributed by atoms with van der Waals surface area (Å²) in [7, 11) is 1.65. The maximum absolute atomic E-state index is 11.3. The van der Waals surface area contributed by atoms with Gasteiger partial charge < -0.3 is 10.4 Å². The van der Waals surface area contributed by atoms with Crippen LogP contribution in [-0.4, -0.2) is 42.7 Å². The van der Waals surface area contributed by atoms with Crippen molar-refractivity contribution in [2.75, 3.05) is 26.7 Å². The summed E-state index contributed by atoms with van der Waals surface area (Å²) in [6, 6.07) is 8.26. The molecule has 4 heteroatoms. The number of hydrogen-bond acceptors (Lipinski definition) is 3. The Labute approximate surface area is 108 Å². The van der Waals surface area contributed by atoms with E-state index >= 15 is 0 Å². The molecule has 1 heterocycles. The van der Waals surface area contributed by atoms with Crippen molar-refractivity contribution in [3.63, 3.8) is 0 Å². The van der Waals surface area contributed by atoms with Crippen LogP contribution in [0.5, 0.6) is 0 Å². The zero-order valence-corrected chi connectivity index (χ0v) is 10.7. The fourth-order valence-corrected chi connectivity index (χ4v) is 2.56. The Bertz CT molecular complexity index is 420. The molecule has 0 saturated heterocycles. The molecule has 0 radical (unpaired) electrons. The summed E-state index contributed by atoms with van der Waals surface area (Å²) < 4.78 is 0. The number of nitrogens with one attached hydrogen (secondary N) is 1. The van der Waals surface area contributed by atoms with Gasteiger partial charge in [-0.3, -0.25) is 9.69 Å². The first-order valence-electron chi connectivity index (χ1n) is 6.39. The normalized spacial score (nSPS) is 19.3. The van der Waals surface area contributed by atoms with Gasteiger partial charge in [0.2, 0.25) is 5.91 Å². The van der Waals surface area contributed by atoms with Crippen molar-refractivity contribution in [1.29, 1.82) is 0 Å². The van der Waals surface area contributed by atoms with Crippen molar-refractivity contribution in [3.8, 4) is 0 Å². The highest BCUT2D eigenvalue weighted by atomic mass is 16.3. The van der Waals surface area contributed by atoms with Gasteiger partial charge in [-0.2, -0.15) is 0 Å². The number of hydrogen-bond donors (Lipinski definition) is 2. The zero-order chi connectivity index (χ0) is 13.0. The topological polar surface area (TPSA) is 52.6 Å². The van der Waals surface area contributed by atoms with E-state index in [-0.39, 0.29) is 18.6 Å². The summed E-state index contributed by atoms with van der Waals surface area (Å²) >= 11 is 0. The van der Waals surface area contributed by atoms with E-state index < -0.39 is 0 Å². The predicted molar refractivity (Wildman–Crippen MR) is 70.2 cm³/mol. The van der Waals surface area contributed by atoms with Crippen LogP contribution < -0.4 is 5.32 Å². The Morgan fingerprint density at radius 2 is 2.28 bits per heavy atom. The third-order valence-corrected chi connectivity index (χ3v) is 3.60. The number of amides is 1. The number of carbonyl (C=O) groups excluding carboxylic acids is 1. The second-order valence-electron chi connectivity index (χ2n) is 4.61. The Morgan fingerprint density at radius 3 is 3.00 bits per heavy atom. The molecule has 1 aliphatic rings. The standard InChI is InChI=1S/C14H20N2O2/c1-15-14(18)7-9-16-8-6-11-4-2-3-5-12(11)13(16)10-17/h2-5,13,17H,6-10H2,1H3,(H,15,18). The van der Waals surface area contributed by atoms with Gasteiger partial charge in [0.1, 0.15) is 0 Å². The number of aliphatic hydroxyl groups is 1. The number of aliphatic hydroxyl groups excluding tert-OH is 1. The molecular weight excluding hydrogens is 228 g/mol. The van der Waals surface area contributed by atoms with Gasteiger partial charge in [0.05, 0.1) is 12.6 Å². The molecule has 4 nitrogen and oxygen atoms in total. The van der Waals surface area contributed by atoms with Crippen LogP contribution >= 0.6 is 0 Å². The smallest absolute Gasteiger partial charge is 0.221 e. The van der Waals surface area contributed by atoms with Gasteiger partial charge in [-0.25, -0.2) is 0 Å². The van der Waals surface area contributed by atoms with Gasteiger partial charge in [0.15, 0.2) is 0 Å². The minimum atomic E-state index is 0.0274. The lowest BCUT2D eigenvalue weighted by molar-refractivity contribution is -0.121. The average molecular weight is 248 g/mol. The molecule has 1 amide bonds. The van der Waals surface area contributed by atoms with E-state index in [1.165, 1.54) is 11.1 Å². The molecule has 0 spiro atoms. The highest BCUT2D eigenvalue weighted by Crippen LogP contribution is 2.29. The summed E-state index contributed by atoms with van der Waals surface area (Å²) in [4.78, 5) is 13.5. The largest absolute Gasteiger partial charge is 0.394 e. The molecule has 1 atom stereocenters. The minimum Gasteiger partial charge on any atom is -0.394 e. The molecule has 0 aromatic heterocycles. The lowest BCUT2D eigenvalue weighted by atomic mass is 9.93. The van der Waals surface area contributed by atoms with Crippen LogP contribution in [-0.2, 0) is 11.2 Å². The van der Waals surface area contributed by atoms with Gasteiger partial charge in [-0.15, -0.1) is 0 Å². The third-order valence-electron chi connectivity index (χ3n) is 3.60. The van der Waals surface area contributed by atoms with E-state index in [1.54, 1.807) is 7.05 Å². The van der Waals surface area contributed by atoms with Crippen LogP contribution in [0.3, 0.4) is 0 Å². The first kappa shape index (κ1) is 13.1. The number of fused-ring (bicyclic) bond motifs is 1. The van der Waals surface area contributed by atoms with Crippen LogP contribution in [0.15, 0.2) is 24.3 Å². The van der Waals surface area contributed by atoms with Gasteiger partial charge in [0.25, 0.3) is 0 Å². The van der Waals surface area contributed by atoms with Gasteiger partial charge in [0, 0.05) is 26.6 Å². The summed E-state index contributed by atoms with van der Waals surface area (Å²) in [5.74, 6) is 0.0468. The Morgan fingerprint density at radius 1 is 1.50 bits per heavy atom. The van der Waals surface area contributed by atoms with Crippen LogP contribution in [0, 0.1) is 0 Å². The van der Waals surface area contributed by atoms with Crippen molar-refractivity contribution < 1.29 is 9.90 Å².